The van der Waals surface area contributed by atoms with Crippen LogP contribution in [0.5, 0.6) is 0 Å². The summed E-state index contributed by atoms with van der Waals surface area (Å²) in [6.07, 6.45) is 2.38. The first-order chi connectivity index (χ1) is 8.33. The first-order valence-electron chi connectivity index (χ1n) is 6.16. The van der Waals surface area contributed by atoms with Crippen LogP contribution < -0.4 is 11.3 Å². The molecule has 1 aliphatic rings. The third kappa shape index (κ3) is 3.46. The Hall–Kier alpha value is -1.55. The molecule has 1 aliphatic carbocycles. The summed E-state index contributed by atoms with van der Waals surface area (Å²) >= 11 is 0. The molecule has 0 spiro atoms. The molecule has 0 saturated heterocycles. The number of rotatable bonds is 4. The summed E-state index contributed by atoms with van der Waals surface area (Å²) in [5, 5.41) is 0. The van der Waals surface area contributed by atoms with Gasteiger partial charge >= 0.3 is 0 Å². The van der Waals surface area contributed by atoms with Gasteiger partial charge in [0.25, 0.3) is 0 Å². The Bertz CT molecular complexity index is 370. The minimum atomic E-state index is 0.478. The average Bonchev–Trinajstić information content (AvgIpc) is 3.18. The van der Waals surface area contributed by atoms with Crippen LogP contribution in [-0.2, 0) is 6.54 Å². The fraction of sp³-hybridized carbons (Fsp3) is 0.462. The summed E-state index contributed by atoms with van der Waals surface area (Å²) in [6.45, 7) is 3.85. The van der Waals surface area contributed by atoms with Gasteiger partial charge in [-0.05, 0) is 25.3 Å². The summed E-state index contributed by atoms with van der Waals surface area (Å²) in [6, 6.07) is 10.8. The Kier molecular flexibility index (Phi) is 3.98. The number of hydrazine groups is 1. The number of hydrogen-bond donors (Lipinski definition) is 2. The van der Waals surface area contributed by atoms with Gasteiger partial charge in [-0.1, -0.05) is 30.3 Å². The van der Waals surface area contributed by atoms with E-state index in [4.69, 9.17) is 5.84 Å². The molecule has 1 aromatic carbocycles. The van der Waals surface area contributed by atoms with Crippen LogP contribution in [0.4, 0.5) is 0 Å². The van der Waals surface area contributed by atoms with Crippen LogP contribution in [-0.4, -0.2) is 23.4 Å². The molecule has 4 nitrogen and oxygen atoms in total. The first kappa shape index (κ1) is 11.9. The molecule has 0 atom stereocenters. The van der Waals surface area contributed by atoms with Gasteiger partial charge in [-0.15, -0.1) is 0 Å². The molecule has 0 aromatic heterocycles. The fourth-order valence-electron chi connectivity index (χ4n) is 1.73. The fourth-order valence-corrected chi connectivity index (χ4v) is 1.73. The number of nitrogens with one attached hydrogen (secondary N) is 1. The van der Waals surface area contributed by atoms with Crippen molar-refractivity contribution in [2.45, 2.75) is 32.4 Å². The molecule has 4 heteroatoms. The van der Waals surface area contributed by atoms with Crippen molar-refractivity contribution in [3.05, 3.63) is 35.9 Å². The predicted octanol–water partition coefficient (Wildman–Crippen LogP) is 1.49. The van der Waals surface area contributed by atoms with Gasteiger partial charge in [0, 0.05) is 13.1 Å². The van der Waals surface area contributed by atoms with Gasteiger partial charge in [0.1, 0.15) is 0 Å². The van der Waals surface area contributed by atoms with Crippen LogP contribution in [0.1, 0.15) is 25.3 Å². The number of benzene rings is 1. The Labute approximate surface area is 102 Å². The highest BCUT2D eigenvalue weighted by Crippen LogP contribution is 2.23. The van der Waals surface area contributed by atoms with Crippen LogP contribution in [0.25, 0.3) is 0 Å². The van der Waals surface area contributed by atoms with Crippen molar-refractivity contribution in [3.63, 3.8) is 0 Å². The summed E-state index contributed by atoms with van der Waals surface area (Å²) in [5.41, 5.74) is 3.99. The molecule has 1 aromatic rings. The quantitative estimate of drug-likeness (QED) is 0.358. The molecule has 17 heavy (non-hydrogen) atoms. The zero-order valence-corrected chi connectivity index (χ0v) is 10.3. The number of hydrogen-bond acceptors (Lipinski definition) is 2. The van der Waals surface area contributed by atoms with E-state index in [1.807, 2.05) is 6.07 Å². The Morgan fingerprint density at radius 2 is 2.12 bits per heavy atom. The monoisotopic (exact) mass is 232 g/mol. The third-order valence-electron chi connectivity index (χ3n) is 2.88. The summed E-state index contributed by atoms with van der Waals surface area (Å²) < 4.78 is 0. The number of nitrogens with two attached hydrogens (primary N) is 1. The molecule has 1 saturated carbocycles. The van der Waals surface area contributed by atoms with Crippen molar-refractivity contribution in [2.24, 2.45) is 10.8 Å². The third-order valence-corrected chi connectivity index (χ3v) is 2.88. The molecular weight excluding hydrogens is 212 g/mol. The first-order valence-corrected chi connectivity index (χ1v) is 6.16. The largest absolute Gasteiger partial charge is 0.338 e. The standard InChI is InChI=1S/C13H20N4/c1-2-17(10-11-6-4-3-5-7-11)13(16-14)15-12-8-9-12/h3-7,12H,2,8-10,14H2,1H3,(H,15,16). The second-order valence-electron chi connectivity index (χ2n) is 4.33. The zero-order chi connectivity index (χ0) is 12.1. The van der Waals surface area contributed by atoms with E-state index in [-0.39, 0.29) is 0 Å². The van der Waals surface area contributed by atoms with E-state index in [9.17, 15) is 0 Å². The topological polar surface area (TPSA) is 53.6 Å². The van der Waals surface area contributed by atoms with E-state index in [0.29, 0.717) is 6.04 Å². The van der Waals surface area contributed by atoms with Gasteiger partial charge in [-0.3, -0.25) is 5.43 Å². The smallest absolute Gasteiger partial charge is 0.208 e. The lowest BCUT2D eigenvalue weighted by Crippen LogP contribution is -2.44. The number of aliphatic imine (C=N–C) groups is 1. The molecule has 0 unspecified atom stereocenters. The average molecular weight is 232 g/mol. The van der Waals surface area contributed by atoms with E-state index < -0.39 is 0 Å². The van der Waals surface area contributed by atoms with Crippen molar-refractivity contribution < 1.29 is 0 Å². The van der Waals surface area contributed by atoms with E-state index in [1.54, 1.807) is 0 Å². The molecule has 92 valence electrons. The zero-order valence-electron chi connectivity index (χ0n) is 10.3. The van der Waals surface area contributed by atoms with Crippen LogP contribution in [0.2, 0.25) is 0 Å². The van der Waals surface area contributed by atoms with Gasteiger partial charge in [0.15, 0.2) is 0 Å². The summed E-state index contributed by atoms with van der Waals surface area (Å²) in [4.78, 5) is 6.74. The second kappa shape index (κ2) is 5.68. The van der Waals surface area contributed by atoms with Crippen molar-refractivity contribution in [3.8, 4) is 0 Å². The van der Waals surface area contributed by atoms with E-state index in [2.05, 4.69) is 46.5 Å². The molecule has 2 rings (SSSR count). The summed E-state index contributed by atoms with van der Waals surface area (Å²) in [5.74, 6) is 6.36. The molecule has 0 bridgehead atoms. The lowest BCUT2D eigenvalue weighted by Gasteiger charge is -2.24. The normalized spacial score (nSPS) is 15.8. The molecule has 0 heterocycles. The van der Waals surface area contributed by atoms with E-state index >= 15 is 0 Å². The Morgan fingerprint density at radius 3 is 2.65 bits per heavy atom. The Morgan fingerprint density at radius 1 is 1.41 bits per heavy atom. The maximum atomic E-state index is 5.56. The molecule has 0 radical (unpaired) electrons. The van der Waals surface area contributed by atoms with Crippen molar-refractivity contribution in [1.82, 2.24) is 10.3 Å². The van der Waals surface area contributed by atoms with E-state index in [1.165, 1.54) is 18.4 Å². The minimum Gasteiger partial charge on any atom is -0.338 e. The lowest BCUT2D eigenvalue weighted by atomic mass is 10.2. The maximum absolute atomic E-state index is 5.56. The molecule has 3 N–H and O–H groups in total. The molecule has 1 fully saturated rings. The van der Waals surface area contributed by atoms with Crippen molar-refractivity contribution >= 4 is 5.96 Å². The van der Waals surface area contributed by atoms with E-state index in [0.717, 1.165) is 19.0 Å². The van der Waals surface area contributed by atoms with Crippen LogP contribution in [0.3, 0.4) is 0 Å². The SMILES string of the molecule is CCN(Cc1ccccc1)C(=NC1CC1)NN. The highest BCUT2D eigenvalue weighted by atomic mass is 15.4. The highest BCUT2D eigenvalue weighted by molar-refractivity contribution is 5.79. The van der Waals surface area contributed by atoms with Gasteiger partial charge in [-0.2, -0.15) is 0 Å². The molecule has 0 amide bonds. The van der Waals surface area contributed by atoms with Crippen molar-refractivity contribution in [1.29, 1.82) is 0 Å². The minimum absolute atomic E-state index is 0.478. The van der Waals surface area contributed by atoms with Gasteiger partial charge in [0.2, 0.25) is 5.96 Å². The lowest BCUT2D eigenvalue weighted by molar-refractivity contribution is 0.416. The second-order valence-corrected chi connectivity index (χ2v) is 4.33. The van der Waals surface area contributed by atoms with Gasteiger partial charge in [-0.25, -0.2) is 10.8 Å². The van der Waals surface area contributed by atoms with Crippen LogP contribution in [0.15, 0.2) is 35.3 Å². The van der Waals surface area contributed by atoms with Gasteiger partial charge < -0.3 is 4.90 Å². The number of guanidine groups is 1. The maximum Gasteiger partial charge on any atom is 0.208 e. The number of nitrogens with zero attached hydrogens (tertiary/aromatic N) is 2. The highest BCUT2D eigenvalue weighted by Gasteiger charge is 2.22. The molecular formula is C13H20N4. The predicted molar refractivity (Wildman–Crippen MR) is 70.3 cm³/mol. The Balaban J connectivity index is 2.04. The van der Waals surface area contributed by atoms with Crippen LogP contribution in [0, 0.1) is 0 Å². The molecule has 0 aliphatic heterocycles. The van der Waals surface area contributed by atoms with Crippen molar-refractivity contribution in [2.75, 3.05) is 6.54 Å². The van der Waals surface area contributed by atoms with Gasteiger partial charge in [0.05, 0.1) is 6.04 Å². The van der Waals surface area contributed by atoms with Crippen LogP contribution >= 0.6 is 0 Å². The summed E-state index contributed by atoms with van der Waals surface area (Å²) in [7, 11) is 0.